The Hall–Kier alpha value is -2.40. The average Bonchev–Trinajstić information content (AvgIpc) is 2.88. The Balaban J connectivity index is 1.73. The van der Waals surface area contributed by atoms with Crippen LogP contribution in [0.2, 0.25) is 0 Å². The number of carbonyl (C=O) groups excluding carboxylic acids is 1. The first-order valence-electron chi connectivity index (χ1n) is 7.27. The molecular weight excluding hydrogens is 354 g/mol. The summed E-state index contributed by atoms with van der Waals surface area (Å²) in [6, 6.07) is 19.2. The fourth-order valence-corrected chi connectivity index (χ4v) is 2.54. The van der Waals surface area contributed by atoms with Crippen molar-refractivity contribution in [2.45, 2.75) is 13.5 Å². The van der Waals surface area contributed by atoms with Crippen molar-refractivity contribution in [3.05, 3.63) is 82.0 Å². The summed E-state index contributed by atoms with van der Waals surface area (Å²) in [7, 11) is 0. The lowest BCUT2D eigenvalue weighted by atomic mass is 10.2. The molecule has 0 aliphatic heterocycles. The Morgan fingerprint density at radius 3 is 2.52 bits per heavy atom. The zero-order valence-electron chi connectivity index (χ0n) is 12.7. The first-order chi connectivity index (χ1) is 11.1. The molecule has 2 aromatic carbocycles. The summed E-state index contributed by atoms with van der Waals surface area (Å²) < 4.78 is 2.82. The summed E-state index contributed by atoms with van der Waals surface area (Å²) in [6.45, 7) is 2.66. The number of hydrogen-bond acceptors (Lipinski definition) is 2. The van der Waals surface area contributed by atoms with E-state index in [4.69, 9.17) is 0 Å². The van der Waals surface area contributed by atoms with E-state index < -0.39 is 0 Å². The molecule has 0 fully saturated rings. The number of aryl methyl sites for hydroxylation is 1. The maximum atomic E-state index is 12.2. The molecule has 1 amide bonds. The topological polar surface area (TPSA) is 46.9 Å². The first-order valence-corrected chi connectivity index (χ1v) is 8.06. The zero-order chi connectivity index (χ0) is 16.2. The van der Waals surface area contributed by atoms with Crippen LogP contribution in [0.1, 0.15) is 21.6 Å². The molecule has 0 bridgehead atoms. The van der Waals surface area contributed by atoms with Crippen molar-refractivity contribution in [1.82, 2.24) is 9.78 Å². The zero-order valence-corrected chi connectivity index (χ0v) is 14.2. The molecule has 0 saturated carbocycles. The van der Waals surface area contributed by atoms with E-state index in [0.29, 0.717) is 17.9 Å². The van der Waals surface area contributed by atoms with Crippen LogP contribution < -0.4 is 5.32 Å². The SMILES string of the molecule is Cc1cc(NC(=O)c2ccc(Br)cc2)nn1Cc1ccccc1. The van der Waals surface area contributed by atoms with Gasteiger partial charge in [0, 0.05) is 21.8 Å². The number of aromatic nitrogens is 2. The molecule has 0 unspecified atom stereocenters. The molecule has 23 heavy (non-hydrogen) atoms. The summed E-state index contributed by atoms with van der Waals surface area (Å²) in [4.78, 5) is 12.2. The van der Waals surface area contributed by atoms with E-state index in [1.165, 1.54) is 5.56 Å². The number of nitrogens with zero attached hydrogens (tertiary/aromatic N) is 2. The van der Waals surface area contributed by atoms with E-state index >= 15 is 0 Å². The number of nitrogens with one attached hydrogen (secondary N) is 1. The third kappa shape index (κ3) is 3.87. The van der Waals surface area contributed by atoms with Crippen LogP contribution in [-0.2, 0) is 6.54 Å². The number of halogens is 1. The Labute approximate surface area is 143 Å². The highest BCUT2D eigenvalue weighted by atomic mass is 79.9. The second-order valence-corrected chi connectivity index (χ2v) is 6.19. The van der Waals surface area contributed by atoms with Gasteiger partial charge < -0.3 is 5.32 Å². The fraction of sp³-hybridized carbons (Fsp3) is 0.111. The quantitative estimate of drug-likeness (QED) is 0.746. The van der Waals surface area contributed by atoms with Crippen molar-refractivity contribution >= 4 is 27.7 Å². The standard InChI is InChI=1S/C18H16BrN3O/c1-13-11-17(20-18(23)15-7-9-16(19)10-8-15)21-22(13)12-14-5-3-2-4-6-14/h2-11H,12H2,1H3,(H,20,21,23). The largest absolute Gasteiger partial charge is 0.305 e. The number of anilines is 1. The van der Waals surface area contributed by atoms with Crippen LogP contribution in [0.5, 0.6) is 0 Å². The summed E-state index contributed by atoms with van der Waals surface area (Å²) in [5.41, 5.74) is 2.77. The monoisotopic (exact) mass is 369 g/mol. The van der Waals surface area contributed by atoms with Crippen molar-refractivity contribution in [1.29, 1.82) is 0 Å². The molecule has 5 heteroatoms. The predicted molar refractivity (Wildman–Crippen MR) is 94.6 cm³/mol. The Morgan fingerprint density at radius 2 is 1.83 bits per heavy atom. The van der Waals surface area contributed by atoms with Gasteiger partial charge in [0.2, 0.25) is 0 Å². The van der Waals surface area contributed by atoms with Crippen molar-refractivity contribution in [2.75, 3.05) is 5.32 Å². The van der Waals surface area contributed by atoms with Crippen LogP contribution in [0.25, 0.3) is 0 Å². The van der Waals surface area contributed by atoms with Gasteiger partial charge in [0.25, 0.3) is 5.91 Å². The lowest BCUT2D eigenvalue weighted by molar-refractivity contribution is 0.102. The lowest BCUT2D eigenvalue weighted by Crippen LogP contribution is -2.12. The van der Waals surface area contributed by atoms with Crippen LogP contribution >= 0.6 is 15.9 Å². The van der Waals surface area contributed by atoms with Crippen LogP contribution in [0.4, 0.5) is 5.82 Å². The second-order valence-electron chi connectivity index (χ2n) is 5.28. The van der Waals surface area contributed by atoms with E-state index in [-0.39, 0.29) is 5.91 Å². The maximum Gasteiger partial charge on any atom is 0.256 e. The molecule has 1 N–H and O–H groups in total. The third-order valence-corrected chi connectivity index (χ3v) is 4.03. The average molecular weight is 370 g/mol. The van der Waals surface area contributed by atoms with Crippen LogP contribution in [0.15, 0.2) is 65.1 Å². The normalized spacial score (nSPS) is 10.5. The molecule has 0 aliphatic rings. The third-order valence-electron chi connectivity index (χ3n) is 3.50. The minimum absolute atomic E-state index is 0.165. The molecule has 3 aromatic rings. The molecule has 0 saturated heterocycles. The predicted octanol–water partition coefficient (Wildman–Crippen LogP) is 4.25. The number of benzene rings is 2. The van der Waals surface area contributed by atoms with E-state index in [1.807, 2.05) is 48.0 Å². The van der Waals surface area contributed by atoms with E-state index in [0.717, 1.165) is 10.2 Å². The lowest BCUT2D eigenvalue weighted by Gasteiger charge is -2.04. The van der Waals surface area contributed by atoms with Crippen molar-refractivity contribution < 1.29 is 4.79 Å². The second kappa shape index (κ2) is 6.79. The summed E-state index contributed by atoms with van der Waals surface area (Å²) >= 11 is 3.36. The number of amides is 1. The highest BCUT2D eigenvalue weighted by Crippen LogP contribution is 2.14. The summed E-state index contributed by atoms with van der Waals surface area (Å²) in [6.07, 6.45) is 0. The van der Waals surface area contributed by atoms with Gasteiger partial charge in [-0.1, -0.05) is 46.3 Å². The van der Waals surface area contributed by atoms with Crippen LogP contribution in [-0.4, -0.2) is 15.7 Å². The molecule has 0 spiro atoms. The Kier molecular flexibility index (Phi) is 4.57. The van der Waals surface area contributed by atoms with Gasteiger partial charge in [-0.05, 0) is 36.8 Å². The minimum atomic E-state index is -0.165. The molecule has 0 aliphatic carbocycles. The smallest absolute Gasteiger partial charge is 0.256 e. The number of rotatable bonds is 4. The van der Waals surface area contributed by atoms with Gasteiger partial charge in [-0.3, -0.25) is 9.48 Å². The van der Waals surface area contributed by atoms with Gasteiger partial charge in [-0.25, -0.2) is 0 Å². The molecule has 4 nitrogen and oxygen atoms in total. The van der Waals surface area contributed by atoms with Crippen molar-refractivity contribution in [2.24, 2.45) is 0 Å². The summed E-state index contributed by atoms with van der Waals surface area (Å²) in [5, 5.41) is 7.30. The van der Waals surface area contributed by atoms with Gasteiger partial charge >= 0.3 is 0 Å². The van der Waals surface area contributed by atoms with E-state index in [1.54, 1.807) is 12.1 Å². The molecule has 3 rings (SSSR count). The first kappa shape index (κ1) is 15.5. The van der Waals surface area contributed by atoms with Gasteiger partial charge in [-0.15, -0.1) is 0 Å². The van der Waals surface area contributed by atoms with E-state index in [2.05, 4.69) is 38.5 Å². The highest BCUT2D eigenvalue weighted by molar-refractivity contribution is 9.10. The van der Waals surface area contributed by atoms with Gasteiger partial charge in [0.05, 0.1) is 6.54 Å². The highest BCUT2D eigenvalue weighted by Gasteiger charge is 2.10. The molecule has 0 radical (unpaired) electrons. The maximum absolute atomic E-state index is 12.2. The fourth-order valence-electron chi connectivity index (χ4n) is 2.28. The van der Waals surface area contributed by atoms with Crippen molar-refractivity contribution in [3.63, 3.8) is 0 Å². The van der Waals surface area contributed by atoms with Crippen molar-refractivity contribution in [3.8, 4) is 0 Å². The molecule has 0 atom stereocenters. The Bertz CT molecular complexity index is 810. The van der Waals surface area contributed by atoms with Crippen LogP contribution in [0, 0.1) is 6.92 Å². The van der Waals surface area contributed by atoms with Gasteiger partial charge in [-0.2, -0.15) is 5.10 Å². The van der Waals surface area contributed by atoms with E-state index in [9.17, 15) is 4.79 Å². The summed E-state index contributed by atoms with van der Waals surface area (Å²) in [5.74, 6) is 0.396. The minimum Gasteiger partial charge on any atom is -0.305 e. The number of carbonyl (C=O) groups is 1. The molecule has 1 aromatic heterocycles. The molecule has 116 valence electrons. The molecule has 1 heterocycles. The van der Waals surface area contributed by atoms with Gasteiger partial charge in [0.1, 0.15) is 0 Å². The van der Waals surface area contributed by atoms with Crippen LogP contribution in [0.3, 0.4) is 0 Å². The molecular formula is C18H16BrN3O. The van der Waals surface area contributed by atoms with Gasteiger partial charge in [0.15, 0.2) is 5.82 Å². The Morgan fingerprint density at radius 1 is 1.13 bits per heavy atom. The number of hydrogen-bond donors (Lipinski definition) is 1.